The molecule has 0 aliphatic heterocycles. The number of rotatable bonds is 5. The molecule has 21 heavy (non-hydrogen) atoms. The van der Waals surface area contributed by atoms with Gasteiger partial charge >= 0.3 is 0 Å². The maximum Gasteiger partial charge on any atom is 0.131 e. The average Bonchev–Trinajstić information content (AvgIpc) is 2.46. The zero-order valence-electron chi connectivity index (χ0n) is 12.9. The number of phenolic OH excluding ortho intramolecular Hbond substituents is 1. The number of hydrogen-bond donors (Lipinski definition) is 3. The van der Waals surface area contributed by atoms with Gasteiger partial charge in [0, 0.05) is 24.2 Å². The van der Waals surface area contributed by atoms with Crippen molar-refractivity contribution in [3.8, 4) is 5.75 Å². The minimum Gasteiger partial charge on any atom is -0.508 e. The van der Waals surface area contributed by atoms with Crippen LogP contribution in [0.2, 0.25) is 0 Å². The minimum absolute atomic E-state index is 0.0695. The van der Waals surface area contributed by atoms with Crippen molar-refractivity contribution in [1.29, 1.82) is 0 Å². The standard InChI is InChI=1S/C17H26FNO2/c1-3-13-6-8-17(21,9-7-13)11-19-12(2)15-5-4-14(20)10-16(15)18/h4-5,10,12-13,19-21H,3,6-9,11H2,1-2H3. The van der Waals surface area contributed by atoms with Gasteiger partial charge in [0.2, 0.25) is 0 Å². The van der Waals surface area contributed by atoms with E-state index < -0.39 is 11.4 Å². The summed E-state index contributed by atoms with van der Waals surface area (Å²) >= 11 is 0. The van der Waals surface area contributed by atoms with Gasteiger partial charge in [-0.15, -0.1) is 0 Å². The molecule has 0 aromatic heterocycles. The Morgan fingerprint density at radius 1 is 1.38 bits per heavy atom. The molecule has 3 N–H and O–H groups in total. The molecule has 118 valence electrons. The highest BCUT2D eigenvalue weighted by atomic mass is 19.1. The molecular weight excluding hydrogens is 269 g/mol. The van der Waals surface area contributed by atoms with E-state index in [0.717, 1.165) is 37.7 Å². The van der Waals surface area contributed by atoms with E-state index in [1.54, 1.807) is 6.07 Å². The second kappa shape index (κ2) is 6.75. The third kappa shape index (κ3) is 4.17. The SMILES string of the molecule is CCC1CCC(O)(CNC(C)c2ccc(O)cc2F)CC1. The fraction of sp³-hybridized carbons (Fsp3) is 0.647. The Balaban J connectivity index is 1.90. The molecule has 4 heteroatoms. The Bertz CT molecular complexity index is 470. The van der Waals surface area contributed by atoms with E-state index in [-0.39, 0.29) is 11.8 Å². The van der Waals surface area contributed by atoms with Crippen molar-refractivity contribution >= 4 is 0 Å². The molecule has 0 amide bonds. The first-order chi connectivity index (χ1) is 9.93. The van der Waals surface area contributed by atoms with Gasteiger partial charge in [-0.3, -0.25) is 0 Å². The monoisotopic (exact) mass is 295 g/mol. The summed E-state index contributed by atoms with van der Waals surface area (Å²) in [6.07, 6.45) is 4.93. The summed E-state index contributed by atoms with van der Waals surface area (Å²) in [5.41, 5.74) is -0.161. The van der Waals surface area contributed by atoms with Crippen LogP contribution in [-0.4, -0.2) is 22.4 Å². The third-order valence-corrected chi connectivity index (χ3v) is 4.80. The number of aromatic hydroxyl groups is 1. The summed E-state index contributed by atoms with van der Waals surface area (Å²) in [5.74, 6) is 0.244. The molecular formula is C17H26FNO2. The first-order valence-electron chi connectivity index (χ1n) is 7.87. The van der Waals surface area contributed by atoms with Crippen molar-refractivity contribution in [3.05, 3.63) is 29.6 Å². The lowest BCUT2D eigenvalue weighted by molar-refractivity contribution is -0.0104. The number of halogens is 1. The summed E-state index contributed by atoms with van der Waals surface area (Å²) in [6, 6.07) is 3.99. The summed E-state index contributed by atoms with van der Waals surface area (Å²) in [5, 5.41) is 23.1. The lowest BCUT2D eigenvalue weighted by atomic mass is 9.77. The molecule has 1 unspecified atom stereocenters. The van der Waals surface area contributed by atoms with Gasteiger partial charge in [-0.1, -0.05) is 19.4 Å². The normalized spacial score (nSPS) is 27.5. The fourth-order valence-corrected chi connectivity index (χ4v) is 3.12. The molecule has 0 radical (unpaired) electrons. The van der Waals surface area contributed by atoms with Crippen molar-refractivity contribution < 1.29 is 14.6 Å². The molecule has 2 rings (SSSR count). The van der Waals surface area contributed by atoms with E-state index in [1.807, 2.05) is 6.92 Å². The molecule has 3 nitrogen and oxygen atoms in total. The lowest BCUT2D eigenvalue weighted by Gasteiger charge is -2.36. The van der Waals surface area contributed by atoms with Crippen LogP contribution in [0.25, 0.3) is 0 Å². The minimum atomic E-state index is -0.673. The van der Waals surface area contributed by atoms with Crippen LogP contribution in [0, 0.1) is 11.7 Å². The Labute approximate surface area is 126 Å². The van der Waals surface area contributed by atoms with Crippen molar-refractivity contribution in [1.82, 2.24) is 5.32 Å². The molecule has 1 aromatic carbocycles. The Morgan fingerprint density at radius 3 is 2.62 bits per heavy atom. The van der Waals surface area contributed by atoms with Gasteiger partial charge in [0.1, 0.15) is 11.6 Å². The fourth-order valence-electron chi connectivity index (χ4n) is 3.12. The largest absolute Gasteiger partial charge is 0.508 e. The predicted octanol–water partition coefficient (Wildman–Crippen LogP) is 3.51. The molecule has 0 spiro atoms. The van der Waals surface area contributed by atoms with Crippen molar-refractivity contribution in [2.45, 2.75) is 57.6 Å². The smallest absolute Gasteiger partial charge is 0.131 e. The van der Waals surface area contributed by atoms with Gasteiger partial charge in [-0.25, -0.2) is 4.39 Å². The average molecular weight is 295 g/mol. The van der Waals surface area contributed by atoms with E-state index in [2.05, 4.69) is 12.2 Å². The van der Waals surface area contributed by atoms with Crippen molar-refractivity contribution in [2.24, 2.45) is 5.92 Å². The van der Waals surface area contributed by atoms with E-state index in [0.29, 0.717) is 12.1 Å². The molecule has 1 aliphatic carbocycles. The second-order valence-electron chi connectivity index (χ2n) is 6.38. The van der Waals surface area contributed by atoms with E-state index in [9.17, 15) is 14.6 Å². The first kappa shape index (κ1) is 16.2. The molecule has 1 aromatic rings. The van der Waals surface area contributed by atoms with E-state index >= 15 is 0 Å². The Hall–Kier alpha value is -1.13. The van der Waals surface area contributed by atoms with Gasteiger partial charge < -0.3 is 15.5 Å². The molecule has 0 saturated heterocycles. The second-order valence-corrected chi connectivity index (χ2v) is 6.38. The van der Waals surface area contributed by atoms with Crippen LogP contribution in [0.3, 0.4) is 0 Å². The molecule has 1 atom stereocenters. The number of hydrogen-bond acceptors (Lipinski definition) is 3. The highest BCUT2D eigenvalue weighted by molar-refractivity contribution is 5.29. The number of nitrogens with one attached hydrogen (secondary N) is 1. The highest BCUT2D eigenvalue weighted by Crippen LogP contribution is 2.33. The summed E-state index contributed by atoms with van der Waals surface area (Å²) in [7, 11) is 0. The van der Waals surface area contributed by atoms with Crippen LogP contribution < -0.4 is 5.32 Å². The van der Waals surface area contributed by atoms with Gasteiger partial charge in [-0.2, -0.15) is 0 Å². The highest BCUT2D eigenvalue weighted by Gasteiger charge is 2.32. The van der Waals surface area contributed by atoms with Gasteiger partial charge in [0.15, 0.2) is 0 Å². The number of phenols is 1. The maximum atomic E-state index is 13.8. The predicted molar refractivity (Wildman–Crippen MR) is 81.7 cm³/mol. The number of benzene rings is 1. The van der Waals surface area contributed by atoms with Gasteiger partial charge in [0.05, 0.1) is 5.60 Å². The lowest BCUT2D eigenvalue weighted by Crippen LogP contribution is -2.44. The van der Waals surface area contributed by atoms with Crippen LogP contribution >= 0.6 is 0 Å². The van der Waals surface area contributed by atoms with E-state index in [1.165, 1.54) is 12.5 Å². The van der Waals surface area contributed by atoms with Crippen LogP contribution in [0.1, 0.15) is 57.6 Å². The van der Waals surface area contributed by atoms with Crippen LogP contribution in [0.4, 0.5) is 4.39 Å². The number of aliphatic hydroxyl groups is 1. The van der Waals surface area contributed by atoms with Gasteiger partial charge in [0.25, 0.3) is 0 Å². The Morgan fingerprint density at radius 2 is 2.05 bits per heavy atom. The van der Waals surface area contributed by atoms with E-state index in [4.69, 9.17) is 0 Å². The molecule has 0 bridgehead atoms. The quantitative estimate of drug-likeness (QED) is 0.779. The van der Waals surface area contributed by atoms with Crippen LogP contribution in [0.15, 0.2) is 18.2 Å². The maximum absolute atomic E-state index is 13.8. The zero-order valence-corrected chi connectivity index (χ0v) is 12.9. The summed E-state index contributed by atoms with van der Waals surface area (Å²) in [6.45, 7) is 4.55. The van der Waals surface area contributed by atoms with Crippen LogP contribution in [-0.2, 0) is 0 Å². The summed E-state index contributed by atoms with van der Waals surface area (Å²) in [4.78, 5) is 0. The van der Waals surface area contributed by atoms with Crippen molar-refractivity contribution in [3.63, 3.8) is 0 Å². The zero-order chi connectivity index (χ0) is 15.5. The van der Waals surface area contributed by atoms with Crippen LogP contribution in [0.5, 0.6) is 5.75 Å². The molecule has 1 fully saturated rings. The molecule has 1 aliphatic rings. The molecule has 1 saturated carbocycles. The third-order valence-electron chi connectivity index (χ3n) is 4.80. The summed E-state index contributed by atoms with van der Waals surface area (Å²) < 4.78 is 13.8. The van der Waals surface area contributed by atoms with Gasteiger partial charge in [-0.05, 0) is 44.6 Å². The van der Waals surface area contributed by atoms with Crippen molar-refractivity contribution in [2.75, 3.05) is 6.54 Å². The topological polar surface area (TPSA) is 52.5 Å². The Kier molecular flexibility index (Phi) is 5.22. The first-order valence-corrected chi connectivity index (χ1v) is 7.87. The molecule has 0 heterocycles.